The Balaban J connectivity index is 1.82. The fraction of sp³-hybridized carbons (Fsp3) is 0.471. The molecule has 1 N–H and O–H groups in total. The maximum Gasteiger partial charge on any atom is 0.137 e. The van der Waals surface area contributed by atoms with Crippen molar-refractivity contribution in [2.24, 2.45) is 0 Å². The predicted octanol–water partition coefficient (Wildman–Crippen LogP) is 3.11. The summed E-state index contributed by atoms with van der Waals surface area (Å²) in [5.74, 6) is 1.94. The molecule has 0 aliphatic carbocycles. The van der Waals surface area contributed by atoms with Crippen LogP contribution in [0, 0.1) is 0 Å². The zero-order valence-electron chi connectivity index (χ0n) is 12.8. The molecule has 2 heterocycles. The number of likely N-dealkylation sites (N-methyl/N-ethyl adjacent to an activating group) is 1. The Hall–Kier alpha value is -1.81. The molecular formula is C17H23N3O. The van der Waals surface area contributed by atoms with Crippen LogP contribution in [-0.4, -0.2) is 40.6 Å². The van der Waals surface area contributed by atoms with Crippen LogP contribution in [0.3, 0.4) is 0 Å². The quantitative estimate of drug-likeness (QED) is 0.917. The minimum Gasteiger partial charge on any atom is -0.492 e. The highest BCUT2D eigenvalue weighted by molar-refractivity contribution is 5.59. The first-order valence-electron chi connectivity index (χ1n) is 7.81. The normalized spacial score (nSPS) is 17.6. The predicted molar refractivity (Wildman–Crippen MR) is 84.5 cm³/mol. The molecule has 0 saturated heterocycles. The summed E-state index contributed by atoms with van der Waals surface area (Å²) in [7, 11) is 0. The molecule has 0 radical (unpaired) electrons. The molecule has 0 spiro atoms. The Labute approximate surface area is 126 Å². The van der Waals surface area contributed by atoms with Crippen LogP contribution in [-0.2, 0) is 6.42 Å². The SMILES string of the molecule is CCCN(CC)C1COc2ccc(-c3ncc[nH]3)cc2C1. The molecule has 112 valence electrons. The van der Waals surface area contributed by atoms with E-state index in [9.17, 15) is 0 Å². The molecule has 0 bridgehead atoms. The molecule has 21 heavy (non-hydrogen) atoms. The number of fused-ring (bicyclic) bond motifs is 1. The minimum atomic E-state index is 0.481. The van der Waals surface area contributed by atoms with Gasteiger partial charge in [-0.2, -0.15) is 0 Å². The van der Waals surface area contributed by atoms with Crippen molar-refractivity contribution in [3.8, 4) is 17.1 Å². The Bertz CT molecular complexity index is 580. The lowest BCUT2D eigenvalue weighted by molar-refractivity contribution is 0.124. The lowest BCUT2D eigenvalue weighted by Crippen LogP contribution is -2.43. The van der Waals surface area contributed by atoms with E-state index in [1.54, 1.807) is 6.20 Å². The van der Waals surface area contributed by atoms with Crippen molar-refractivity contribution in [1.82, 2.24) is 14.9 Å². The number of hydrogen-bond donors (Lipinski definition) is 1. The molecule has 1 aromatic heterocycles. The van der Waals surface area contributed by atoms with Crippen molar-refractivity contribution in [2.75, 3.05) is 19.7 Å². The highest BCUT2D eigenvalue weighted by atomic mass is 16.5. The van der Waals surface area contributed by atoms with Crippen LogP contribution in [0.25, 0.3) is 11.4 Å². The molecule has 3 rings (SSSR count). The van der Waals surface area contributed by atoms with Gasteiger partial charge in [0, 0.05) is 24.0 Å². The molecule has 2 aromatic rings. The van der Waals surface area contributed by atoms with Crippen molar-refractivity contribution < 1.29 is 4.74 Å². The van der Waals surface area contributed by atoms with Gasteiger partial charge in [-0.3, -0.25) is 4.90 Å². The van der Waals surface area contributed by atoms with Crippen LogP contribution >= 0.6 is 0 Å². The van der Waals surface area contributed by atoms with Crippen LogP contribution in [0.15, 0.2) is 30.6 Å². The Morgan fingerprint density at radius 1 is 1.38 bits per heavy atom. The van der Waals surface area contributed by atoms with Gasteiger partial charge in [0.05, 0.1) is 0 Å². The van der Waals surface area contributed by atoms with Gasteiger partial charge in [-0.1, -0.05) is 13.8 Å². The van der Waals surface area contributed by atoms with E-state index in [4.69, 9.17) is 4.74 Å². The molecule has 1 unspecified atom stereocenters. The number of rotatable bonds is 5. The summed E-state index contributed by atoms with van der Waals surface area (Å²) in [6, 6.07) is 6.83. The fourth-order valence-corrected chi connectivity index (χ4v) is 3.07. The van der Waals surface area contributed by atoms with Gasteiger partial charge < -0.3 is 9.72 Å². The number of nitrogens with one attached hydrogen (secondary N) is 1. The first-order chi connectivity index (χ1) is 10.3. The second-order valence-electron chi connectivity index (χ2n) is 5.56. The second-order valence-corrected chi connectivity index (χ2v) is 5.56. The van der Waals surface area contributed by atoms with Crippen molar-refractivity contribution in [3.63, 3.8) is 0 Å². The van der Waals surface area contributed by atoms with Gasteiger partial charge in [-0.25, -0.2) is 4.98 Å². The lowest BCUT2D eigenvalue weighted by atomic mass is 9.99. The molecule has 4 heteroatoms. The summed E-state index contributed by atoms with van der Waals surface area (Å²) in [5.41, 5.74) is 2.41. The van der Waals surface area contributed by atoms with E-state index in [0.29, 0.717) is 6.04 Å². The number of benzene rings is 1. The van der Waals surface area contributed by atoms with Crippen molar-refractivity contribution >= 4 is 0 Å². The summed E-state index contributed by atoms with van der Waals surface area (Å²) in [4.78, 5) is 10.0. The van der Waals surface area contributed by atoms with Gasteiger partial charge in [-0.05, 0) is 49.7 Å². The molecule has 1 aliphatic heterocycles. The van der Waals surface area contributed by atoms with Gasteiger partial charge in [0.15, 0.2) is 0 Å². The number of H-pyrrole nitrogens is 1. The standard InChI is InChI=1S/C17H23N3O/c1-3-9-20(4-2)15-11-14-10-13(17-18-7-8-19-17)5-6-16(14)21-12-15/h5-8,10,15H,3-4,9,11-12H2,1-2H3,(H,18,19). The average molecular weight is 285 g/mol. The third-order valence-electron chi connectivity index (χ3n) is 4.15. The lowest BCUT2D eigenvalue weighted by Gasteiger charge is -2.34. The van der Waals surface area contributed by atoms with Crippen molar-refractivity contribution in [3.05, 3.63) is 36.2 Å². The van der Waals surface area contributed by atoms with E-state index in [-0.39, 0.29) is 0 Å². The molecule has 0 amide bonds. The smallest absolute Gasteiger partial charge is 0.137 e. The first-order valence-corrected chi connectivity index (χ1v) is 7.81. The molecule has 0 fully saturated rings. The Kier molecular flexibility index (Phi) is 4.25. The molecule has 1 aliphatic rings. The number of nitrogens with zero attached hydrogens (tertiary/aromatic N) is 2. The topological polar surface area (TPSA) is 41.1 Å². The maximum atomic E-state index is 5.97. The number of aromatic amines is 1. The first kappa shape index (κ1) is 14.1. The van der Waals surface area contributed by atoms with Crippen LogP contribution in [0.2, 0.25) is 0 Å². The maximum absolute atomic E-state index is 5.97. The summed E-state index contributed by atoms with van der Waals surface area (Å²) in [5, 5.41) is 0. The number of imidazole rings is 1. The van der Waals surface area contributed by atoms with Crippen molar-refractivity contribution in [1.29, 1.82) is 0 Å². The molecule has 0 saturated carbocycles. The largest absolute Gasteiger partial charge is 0.492 e. The zero-order chi connectivity index (χ0) is 14.7. The van der Waals surface area contributed by atoms with E-state index < -0.39 is 0 Å². The average Bonchev–Trinajstić information content (AvgIpc) is 3.06. The monoisotopic (exact) mass is 285 g/mol. The van der Waals surface area contributed by atoms with E-state index in [2.05, 4.69) is 46.9 Å². The third-order valence-corrected chi connectivity index (χ3v) is 4.15. The molecule has 4 nitrogen and oxygen atoms in total. The van der Waals surface area contributed by atoms with Gasteiger partial charge in [-0.15, -0.1) is 0 Å². The van der Waals surface area contributed by atoms with E-state index in [1.807, 2.05) is 6.20 Å². The second kappa shape index (κ2) is 6.31. The van der Waals surface area contributed by atoms with Crippen molar-refractivity contribution in [2.45, 2.75) is 32.7 Å². The van der Waals surface area contributed by atoms with Gasteiger partial charge in [0.2, 0.25) is 0 Å². The summed E-state index contributed by atoms with van der Waals surface area (Å²) >= 11 is 0. The number of aromatic nitrogens is 2. The molecule has 1 atom stereocenters. The number of ether oxygens (including phenoxy) is 1. The Morgan fingerprint density at radius 2 is 2.29 bits per heavy atom. The van der Waals surface area contributed by atoms with E-state index in [0.717, 1.165) is 43.3 Å². The van der Waals surface area contributed by atoms with E-state index in [1.165, 1.54) is 12.0 Å². The van der Waals surface area contributed by atoms with E-state index >= 15 is 0 Å². The minimum absolute atomic E-state index is 0.481. The van der Waals surface area contributed by atoms with Gasteiger partial charge >= 0.3 is 0 Å². The fourth-order valence-electron chi connectivity index (χ4n) is 3.07. The number of hydrogen-bond acceptors (Lipinski definition) is 3. The van der Waals surface area contributed by atoms with Crippen LogP contribution in [0.5, 0.6) is 5.75 Å². The summed E-state index contributed by atoms with van der Waals surface area (Å²) < 4.78 is 5.97. The summed E-state index contributed by atoms with van der Waals surface area (Å²) in [6.07, 6.45) is 5.88. The molecule has 1 aromatic carbocycles. The van der Waals surface area contributed by atoms with Gasteiger partial charge in [0.25, 0.3) is 0 Å². The van der Waals surface area contributed by atoms with Crippen LogP contribution in [0.1, 0.15) is 25.8 Å². The van der Waals surface area contributed by atoms with Gasteiger partial charge in [0.1, 0.15) is 18.2 Å². The highest BCUT2D eigenvalue weighted by Crippen LogP contribution is 2.30. The van der Waals surface area contributed by atoms with Crippen LogP contribution < -0.4 is 4.74 Å². The zero-order valence-corrected chi connectivity index (χ0v) is 12.8. The summed E-state index contributed by atoms with van der Waals surface area (Å²) in [6.45, 7) is 7.47. The third kappa shape index (κ3) is 2.95. The highest BCUT2D eigenvalue weighted by Gasteiger charge is 2.24. The molecular weight excluding hydrogens is 262 g/mol. The Morgan fingerprint density at radius 3 is 3.00 bits per heavy atom. The van der Waals surface area contributed by atoms with Crippen LogP contribution in [0.4, 0.5) is 0 Å².